The van der Waals surface area contributed by atoms with Gasteiger partial charge in [0, 0.05) is 6.20 Å². The smallest absolute Gasteiger partial charge is 0.229 e. The molecule has 1 unspecified atom stereocenters. The van der Waals surface area contributed by atoms with Crippen LogP contribution in [0.25, 0.3) is 10.2 Å². The lowest BCUT2D eigenvalue weighted by Crippen LogP contribution is -1.68. The van der Waals surface area contributed by atoms with Crippen LogP contribution in [0.1, 0.15) is 0 Å². The van der Waals surface area contributed by atoms with E-state index in [1.165, 1.54) is 5.51 Å². The Bertz CT molecular complexity index is 357. The molecule has 0 saturated carbocycles. The Morgan fingerprint density at radius 3 is 3.20 bits per heavy atom. The van der Waals surface area contributed by atoms with Crippen molar-refractivity contribution in [2.45, 2.75) is 0 Å². The normalized spacial score (nSPS) is 12.3. The summed E-state index contributed by atoms with van der Waals surface area (Å²) in [6.45, 7) is 0. The fourth-order valence-corrected chi connectivity index (χ4v) is 1.61. The van der Waals surface area contributed by atoms with E-state index in [9.17, 15) is 4.55 Å². The molecule has 0 aliphatic rings. The second-order valence-corrected chi connectivity index (χ2v) is 3.12. The summed E-state index contributed by atoms with van der Waals surface area (Å²) in [6, 6.07) is 1.75. The molecule has 0 amide bonds. The lowest BCUT2D eigenvalue weighted by molar-refractivity contribution is 0.599. The summed E-state index contributed by atoms with van der Waals surface area (Å²) in [5, 5.41) is 0. The van der Waals surface area contributed by atoms with Crippen LogP contribution in [0.15, 0.2) is 24.0 Å². The maximum absolute atomic E-state index is 11.0. The summed E-state index contributed by atoms with van der Waals surface area (Å²) in [5.41, 5.74) is 2.19. The van der Waals surface area contributed by atoms with Crippen LogP contribution in [-0.4, -0.2) is 14.5 Å². The molecule has 0 aromatic carbocycles. The second kappa shape index (κ2) is 2.00. The first-order valence-electron chi connectivity index (χ1n) is 2.77. The van der Waals surface area contributed by atoms with Crippen LogP contribution < -0.4 is 0 Å². The number of hydrogen-bond donors (Lipinski definition) is 0. The molecule has 0 fully saturated rings. The highest BCUT2D eigenvalue weighted by Crippen LogP contribution is 2.23. The molecule has 50 valence electrons. The van der Waals surface area contributed by atoms with Crippen LogP contribution in [0.2, 0.25) is 0 Å². The third kappa shape index (κ3) is 0.698. The monoisotopic (exact) mass is 152 g/mol. The first-order valence-corrected chi connectivity index (χ1v) is 3.98. The minimum absolute atomic E-state index is 0.711. The Morgan fingerprint density at radius 1 is 1.50 bits per heavy atom. The van der Waals surface area contributed by atoms with Crippen LogP contribution >= 0.6 is 10.8 Å². The average Bonchev–Trinajstić information content (AvgIpc) is 2.34. The number of fused-ring (bicyclic) bond motifs is 1. The number of nitrogens with zero attached hydrogens (tertiary/aromatic N) is 2. The third-order valence-electron chi connectivity index (χ3n) is 1.27. The van der Waals surface area contributed by atoms with E-state index in [1.807, 2.05) is 0 Å². The lowest BCUT2D eigenvalue weighted by atomic mass is 10.5. The molecule has 2 aromatic rings. The summed E-state index contributed by atoms with van der Waals surface area (Å²) >= 11 is 0. The Balaban J connectivity index is 2.93. The van der Waals surface area contributed by atoms with Gasteiger partial charge in [-0.2, -0.15) is 4.98 Å². The predicted octanol–water partition coefficient (Wildman–Crippen LogP) is 1.36. The van der Waals surface area contributed by atoms with Crippen molar-refractivity contribution in [2.75, 3.05) is 0 Å². The van der Waals surface area contributed by atoms with E-state index in [1.54, 1.807) is 18.5 Å². The van der Waals surface area contributed by atoms with Crippen LogP contribution in [0.5, 0.6) is 0 Å². The number of pyridine rings is 1. The SMILES string of the molecule is [O-][s+]1cnc2ccncc21. The van der Waals surface area contributed by atoms with Gasteiger partial charge in [-0.15, -0.1) is 0 Å². The van der Waals surface area contributed by atoms with Gasteiger partial charge < -0.3 is 4.55 Å². The minimum Gasteiger partial charge on any atom is -0.589 e. The summed E-state index contributed by atoms with van der Waals surface area (Å²) in [6.07, 6.45) is 3.22. The highest BCUT2D eigenvalue weighted by atomic mass is 32.2. The summed E-state index contributed by atoms with van der Waals surface area (Å²) in [7, 11) is -1.05. The molecule has 4 heteroatoms. The molecule has 3 nitrogen and oxygen atoms in total. The van der Waals surface area contributed by atoms with E-state index in [2.05, 4.69) is 9.97 Å². The summed E-state index contributed by atoms with van der Waals surface area (Å²) in [5.74, 6) is 0. The van der Waals surface area contributed by atoms with Crippen molar-refractivity contribution in [1.29, 1.82) is 0 Å². The lowest BCUT2D eigenvalue weighted by Gasteiger charge is -1.83. The Morgan fingerprint density at radius 2 is 2.40 bits per heavy atom. The van der Waals surface area contributed by atoms with Crippen LogP contribution in [-0.2, 0) is 0 Å². The first-order chi connectivity index (χ1) is 4.88. The molecule has 1 atom stereocenters. The number of aromatic nitrogens is 2. The number of hydrogen-bond acceptors (Lipinski definition) is 3. The maximum Gasteiger partial charge on any atom is 0.229 e. The Labute approximate surface area is 60.2 Å². The van der Waals surface area contributed by atoms with Crippen LogP contribution in [0.4, 0.5) is 0 Å². The summed E-state index contributed by atoms with van der Waals surface area (Å²) in [4.78, 5) is 7.75. The van der Waals surface area contributed by atoms with Crippen molar-refractivity contribution in [2.24, 2.45) is 0 Å². The van der Waals surface area contributed by atoms with Crippen LogP contribution in [0, 0.1) is 0 Å². The van der Waals surface area contributed by atoms with Crippen molar-refractivity contribution >= 4 is 21.0 Å². The molecule has 0 saturated heterocycles. The molecule has 0 bridgehead atoms. The van der Waals surface area contributed by atoms with Crippen LogP contribution in [0.3, 0.4) is 0 Å². The molecule has 0 N–H and O–H groups in total. The highest BCUT2D eigenvalue weighted by Gasteiger charge is 2.03. The Kier molecular flexibility index (Phi) is 1.15. The third-order valence-corrected chi connectivity index (χ3v) is 2.31. The number of thiazole rings is 1. The van der Waals surface area contributed by atoms with Gasteiger partial charge in [0.2, 0.25) is 10.2 Å². The van der Waals surface area contributed by atoms with Gasteiger partial charge in [-0.3, -0.25) is 4.98 Å². The molecule has 0 aliphatic heterocycles. The zero-order valence-electron chi connectivity index (χ0n) is 5.02. The largest absolute Gasteiger partial charge is 0.589 e. The molecular weight excluding hydrogens is 148 g/mol. The fourth-order valence-electron chi connectivity index (χ4n) is 0.796. The van der Waals surface area contributed by atoms with Gasteiger partial charge in [0.05, 0.1) is 6.20 Å². The fraction of sp³-hybridized carbons (Fsp3) is 0. The van der Waals surface area contributed by atoms with Crippen molar-refractivity contribution in [3.63, 3.8) is 0 Å². The predicted molar refractivity (Wildman–Crippen MR) is 38.2 cm³/mol. The minimum atomic E-state index is -1.05. The van der Waals surface area contributed by atoms with Gasteiger partial charge in [0.1, 0.15) is 5.52 Å². The highest BCUT2D eigenvalue weighted by molar-refractivity contribution is 7.29. The van der Waals surface area contributed by atoms with E-state index in [0.717, 1.165) is 5.52 Å². The van der Waals surface area contributed by atoms with Gasteiger partial charge in [-0.25, -0.2) is 0 Å². The quantitative estimate of drug-likeness (QED) is 0.535. The summed E-state index contributed by atoms with van der Waals surface area (Å²) < 4.78 is 11.7. The molecule has 2 aromatic heterocycles. The van der Waals surface area contributed by atoms with Gasteiger partial charge in [0.25, 0.3) is 0 Å². The van der Waals surface area contributed by atoms with Crippen molar-refractivity contribution in [3.05, 3.63) is 24.0 Å². The van der Waals surface area contributed by atoms with E-state index in [-0.39, 0.29) is 0 Å². The van der Waals surface area contributed by atoms with Gasteiger partial charge in [-0.1, -0.05) is 0 Å². The molecular formula is C6H4N2OS. The zero-order valence-corrected chi connectivity index (χ0v) is 5.84. The first kappa shape index (κ1) is 5.76. The average molecular weight is 152 g/mol. The molecule has 0 radical (unpaired) electrons. The van der Waals surface area contributed by atoms with Crippen molar-refractivity contribution < 1.29 is 4.55 Å². The maximum atomic E-state index is 11.0. The zero-order chi connectivity index (χ0) is 6.97. The van der Waals surface area contributed by atoms with E-state index in [0.29, 0.717) is 4.70 Å². The van der Waals surface area contributed by atoms with Gasteiger partial charge >= 0.3 is 0 Å². The molecule has 2 heterocycles. The molecule has 10 heavy (non-hydrogen) atoms. The van der Waals surface area contributed by atoms with Crippen molar-refractivity contribution in [3.8, 4) is 0 Å². The molecule has 0 spiro atoms. The molecule has 2 rings (SSSR count). The standard InChI is InChI=1S/C6H4N2OS/c9-10-4-8-5-1-2-7-3-6(5)10/h1-4H. The van der Waals surface area contributed by atoms with E-state index < -0.39 is 10.8 Å². The van der Waals surface area contributed by atoms with Gasteiger partial charge in [-0.05, 0) is 16.8 Å². The topological polar surface area (TPSA) is 48.8 Å². The van der Waals surface area contributed by atoms with E-state index in [4.69, 9.17) is 0 Å². The van der Waals surface area contributed by atoms with E-state index >= 15 is 0 Å². The van der Waals surface area contributed by atoms with Crippen molar-refractivity contribution in [1.82, 2.24) is 9.97 Å². The van der Waals surface area contributed by atoms with Gasteiger partial charge in [0.15, 0.2) is 0 Å². The molecule has 0 aliphatic carbocycles. The number of rotatable bonds is 0. The Hall–Kier alpha value is -1.00. The second-order valence-electron chi connectivity index (χ2n) is 1.88.